The van der Waals surface area contributed by atoms with Gasteiger partial charge in [0.15, 0.2) is 11.6 Å². The second-order valence-electron chi connectivity index (χ2n) is 4.25. The zero-order chi connectivity index (χ0) is 13.7. The standard InChI is InChI=1S/C14H16FN3O/c1-10(16-2)9-19-13-7-17-14(18-8-13)11-3-5-12(15)6-4-11/h3-8,10,16H,9H2,1-2H3. The van der Waals surface area contributed by atoms with Crippen molar-refractivity contribution in [2.45, 2.75) is 13.0 Å². The third-order valence-corrected chi connectivity index (χ3v) is 2.72. The van der Waals surface area contributed by atoms with Crippen molar-refractivity contribution in [1.82, 2.24) is 15.3 Å². The van der Waals surface area contributed by atoms with Crippen LogP contribution in [0.3, 0.4) is 0 Å². The fourth-order valence-electron chi connectivity index (χ4n) is 1.44. The quantitative estimate of drug-likeness (QED) is 0.897. The lowest BCUT2D eigenvalue weighted by molar-refractivity contribution is 0.278. The van der Waals surface area contributed by atoms with E-state index in [2.05, 4.69) is 15.3 Å². The van der Waals surface area contributed by atoms with Gasteiger partial charge in [-0.2, -0.15) is 0 Å². The Morgan fingerprint density at radius 3 is 2.42 bits per heavy atom. The molecule has 0 aliphatic rings. The molecule has 1 aromatic carbocycles. The van der Waals surface area contributed by atoms with Gasteiger partial charge in [-0.15, -0.1) is 0 Å². The van der Waals surface area contributed by atoms with Crippen LogP contribution in [0.1, 0.15) is 6.92 Å². The Bertz CT molecular complexity index is 513. The molecule has 1 N–H and O–H groups in total. The average Bonchev–Trinajstić information content (AvgIpc) is 2.46. The number of hydrogen-bond acceptors (Lipinski definition) is 4. The highest BCUT2D eigenvalue weighted by atomic mass is 19.1. The second-order valence-corrected chi connectivity index (χ2v) is 4.25. The van der Waals surface area contributed by atoms with E-state index in [1.165, 1.54) is 12.1 Å². The molecule has 0 saturated carbocycles. The van der Waals surface area contributed by atoms with Crippen LogP contribution in [0.15, 0.2) is 36.7 Å². The fourth-order valence-corrected chi connectivity index (χ4v) is 1.44. The molecule has 2 rings (SSSR count). The van der Waals surface area contributed by atoms with Crippen molar-refractivity contribution in [1.29, 1.82) is 0 Å². The molecule has 0 saturated heterocycles. The molecule has 4 nitrogen and oxygen atoms in total. The van der Waals surface area contributed by atoms with Gasteiger partial charge in [-0.1, -0.05) is 0 Å². The summed E-state index contributed by atoms with van der Waals surface area (Å²) in [6.45, 7) is 2.57. The van der Waals surface area contributed by atoms with E-state index in [9.17, 15) is 4.39 Å². The number of likely N-dealkylation sites (N-methyl/N-ethyl adjacent to an activating group) is 1. The van der Waals surface area contributed by atoms with Crippen molar-refractivity contribution in [3.05, 3.63) is 42.5 Å². The Morgan fingerprint density at radius 1 is 1.21 bits per heavy atom. The van der Waals surface area contributed by atoms with Gasteiger partial charge in [0, 0.05) is 11.6 Å². The van der Waals surface area contributed by atoms with E-state index in [0.717, 1.165) is 5.56 Å². The molecule has 1 atom stereocenters. The van der Waals surface area contributed by atoms with Crippen LogP contribution in [0, 0.1) is 5.82 Å². The molecule has 2 aromatic rings. The summed E-state index contributed by atoms with van der Waals surface area (Å²) in [5.41, 5.74) is 0.775. The van der Waals surface area contributed by atoms with Crippen molar-refractivity contribution < 1.29 is 9.13 Å². The van der Waals surface area contributed by atoms with E-state index in [4.69, 9.17) is 4.74 Å². The lowest BCUT2D eigenvalue weighted by Gasteiger charge is -2.11. The maximum Gasteiger partial charge on any atom is 0.159 e. The first kappa shape index (κ1) is 13.4. The molecule has 0 spiro atoms. The van der Waals surface area contributed by atoms with Gasteiger partial charge in [-0.3, -0.25) is 0 Å². The predicted molar refractivity (Wildman–Crippen MR) is 71.4 cm³/mol. The highest BCUT2D eigenvalue weighted by molar-refractivity contribution is 5.54. The smallest absolute Gasteiger partial charge is 0.159 e. The van der Waals surface area contributed by atoms with E-state index in [1.54, 1.807) is 24.5 Å². The van der Waals surface area contributed by atoms with Gasteiger partial charge in [0.1, 0.15) is 12.4 Å². The van der Waals surface area contributed by atoms with E-state index < -0.39 is 0 Å². The summed E-state index contributed by atoms with van der Waals surface area (Å²) in [4.78, 5) is 8.41. The number of rotatable bonds is 5. The van der Waals surface area contributed by atoms with Crippen LogP contribution in [-0.2, 0) is 0 Å². The first-order valence-corrected chi connectivity index (χ1v) is 6.07. The Kier molecular flexibility index (Phi) is 4.41. The Labute approximate surface area is 111 Å². The summed E-state index contributed by atoms with van der Waals surface area (Å²) in [5.74, 6) is 0.895. The molecule has 100 valence electrons. The molecular formula is C14H16FN3O. The monoisotopic (exact) mass is 261 g/mol. The maximum atomic E-state index is 12.8. The van der Waals surface area contributed by atoms with Crippen LogP contribution >= 0.6 is 0 Å². The molecule has 0 fully saturated rings. The second kappa shape index (κ2) is 6.24. The van der Waals surface area contributed by atoms with Gasteiger partial charge < -0.3 is 10.1 Å². The number of benzene rings is 1. The summed E-state index contributed by atoms with van der Waals surface area (Å²) < 4.78 is 18.3. The van der Waals surface area contributed by atoms with Crippen molar-refractivity contribution in [3.8, 4) is 17.1 Å². The molecule has 1 unspecified atom stereocenters. The third kappa shape index (κ3) is 3.72. The van der Waals surface area contributed by atoms with Crippen LogP contribution in [-0.4, -0.2) is 29.7 Å². The van der Waals surface area contributed by atoms with Crippen LogP contribution < -0.4 is 10.1 Å². The summed E-state index contributed by atoms with van der Waals surface area (Å²) in [7, 11) is 1.88. The van der Waals surface area contributed by atoms with Crippen LogP contribution in [0.2, 0.25) is 0 Å². The summed E-state index contributed by atoms with van der Waals surface area (Å²) >= 11 is 0. The van der Waals surface area contributed by atoms with Crippen LogP contribution in [0.5, 0.6) is 5.75 Å². The number of hydrogen-bond donors (Lipinski definition) is 1. The van der Waals surface area contributed by atoms with Gasteiger partial charge in [0.2, 0.25) is 0 Å². The van der Waals surface area contributed by atoms with Gasteiger partial charge in [-0.25, -0.2) is 14.4 Å². The molecule has 1 heterocycles. The van der Waals surface area contributed by atoms with Gasteiger partial charge in [-0.05, 0) is 38.2 Å². The highest BCUT2D eigenvalue weighted by Gasteiger charge is 2.04. The zero-order valence-corrected chi connectivity index (χ0v) is 10.9. The maximum absolute atomic E-state index is 12.8. The largest absolute Gasteiger partial charge is 0.489 e. The average molecular weight is 261 g/mol. The SMILES string of the molecule is CNC(C)COc1cnc(-c2ccc(F)cc2)nc1. The minimum Gasteiger partial charge on any atom is -0.489 e. The van der Waals surface area contributed by atoms with Gasteiger partial charge >= 0.3 is 0 Å². The molecule has 0 amide bonds. The van der Waals surface area contributed by atoms with E-state index in [0.29, 0.717) is 18.2 Å². The fraction of sp³-hybridized carbons (Fsp3) is 0.286. The Hall–Kier alpha value is -2.01. The van der Waals surface area contributed by atoms with Crippen molar-refractivity contribution in [2.24, 2.45) is 0 Å². The number of aromatic nitrogens is 2. The molecule has 0 bridgehead atoms. The topological polar surface area (TPSA) is 47.0 Å². The van der Waals surface area contributed by atoms with E-state index in [-0.39, 0.29) is 11.9 Å². The highest BCUT2D eigenvalue weighted by Crippen LogP contribution is 2.16. The molecule has 5 heteroatoms. The van der Waals surface area contributed by atoms with Crippen LogP contribution in [0.25, 0.3) is 11.4 Å². The number of halogens is 1. The first-order valence-electron chi connectivity index (χ1n) is 6.07. The van der Waals surface area contributed by atoms with Gasteiger partial charge in [0.05, 0.1) is 12.4 Å². The molecule has 0 radical (unpaired) electrons. The molecule has 0 aliphatic carbocycles. The number of ether oxygens (including phenoxy) is 1. The molecule has 1 aromatic heterocycles. The minimum atomic E-state index is -0.273. The third-order valence-electron chi connectivity index (χ3n) is 2.72. The summed E-state index contributed by atoms with van der Waals surface area (Å²) in [6.07, 6.45) is 3.24. The minimum absolute atomic E-state index is 0.261. The van der Waals surface area contributed by atoms with Crippen LogP contribution in [0.4, 0.5) is 4.39 Å². The van der Waals surface area contributed by atoms with E-state index >= 15 is 0 Å². The van der Waals surface area contributed by atoms with Gasteiger partial charge in [0.25, 0.3) is 0 Å². The summed E-state index contributed by atoms with van der Waals surface area (Å²) in [5, 5.41) is 3.08. The lowest BCUT2D eigenvalue weighted by Crippen LogP contribution is -2.28. The Balaban J connectivity index is 2.04. The lowest BCUT2D eigenvalue weighted by atomic mass is 10.2. The molecule has 19 heavy (non-hydrogen) atoms. The molecule has 0 aliphatic heterocycles. The first-order chi connectivity index (χ1) is 9.19. The van der Waals surface area contributed by atoms with Crippen molar-refractivity contribution >= 4 is 0 Å². The van der Waals surface area contributed by atoms with Crippen molar-refractivity contribution in [3.63, 3.8) is 0 Å². The predicted octanol–water partition coefficient (Wildman–Crippen LogP) is 2.27. The zero-order valence-electron chi connectivity index (χ0n) is 10.9. The number of nitrogens with one attached hydrogen (secondary N) is 1. The normalized spacial score (nSPS) is 12.2. The Morgan fingerprint density at radius 2 is 1.84 bits per heavy atom. The number of nitrogens with zero attached hydrogens (tertiary/aromatic N) is 2. The summed E-state index contributed by atoms with van der Waals surface area (Å²) in [6, 6.07) is 6.33. The molecular weight excluding hydrogens is 245 g/mol. The van der Waals surface area contributed by atoms with E-state index in [1.807, 2.05) is 14.0 Å². The van der Waals surface area contributed by atoms with Crippen molar-refractivity contribution in [2.75, 3.05) is 13.7 Å².